The van der Waals surface area contributed by atoms with E-state index in [9.17, 15) is 29.1 Å². The van der Waals surface area contributed by atoms with Crippen LogP contribution in [-0.4, -0.2) is 68.8 Å². The molecule has 1 heterocycles. The van der Waals surface area contributed by atoms with Gasteiger partial charge in [-0.15, -0.1) is 0 Å². The molecule has 4 amide bonds. The predicted molar refractivity (Wildman–Crippen MR) is 98.9 cm³/mol. The van der Waals surface area contributed by atoms with Crippen molar-refractivity contribution in [2.45, 2.75) is 50.9 Å². The highest BCUT2D eigenvalue weighted by Gasteiger charge is 2.28. The molecule has 13 nitrogen and oxygen atoms in total. The summed E-state index contributed by atoms with van der Waals surface area (Å²) in [5.41, 5.74) is 11.0. The van der Waals surface area contributed by atoms with Crippen LogP contribution in [0.5, 0.6) is 0 Å². The van der Waals surface area contributed by atoms with Crippen molar-refractivity contribution in [2.75, 3.05) is 0 Å². The van der Waals surface area contributed by atoms with Gasteiger partial charge in [0, 0.05) is 18.3 Å². The van der Waals surface area contributed by atoms with E-state index in [1.54, 1.807) is 0 Å². The average Bonchev–Trinajstić information content (AvgIpc) is 3.12. The van der Waals surface area contributed by atoms with E-state index in [1.807, 2.05) is 0 Å². The molecule has 0 radical (unpaired) electrons. The largest absolute Gasteiger partial charge is 0.480 e. The standard InChI is InChI=1S/C16H25N7O6/c1-7(17)13(25)22-10(4-12(18)24)15(27)21-8(2)14(26)23-11(16(28)29)3-9-5-19-6-20-9/h5-8,10-11H,3-4,17H2,1-2H3,(H2,18,24)(H,19,20)(H,21,27)(H,22,25)(H,23,26)(H,28,29). The molecule has 0 saturated heterocycles. The van der Waals surface area contributed by atoms with Crippen molar-refractivity contribution in [3.05, 3.63) is 18.2 Å². The summed E-state index contributed by atoms with van der Waals surface area (Å²) in [7, 11) is 0. The SMILES string of the molecule is CC(N)C(=O)NC(CC(N)=O)C(=O)NC(C)C(=O)NC(Cc1cnc[nH]1)C(=O)O. The second kappa shape index (κ2) is 10.8. The van der Waals surface area contributed by atoms with E-state index in [4.69, 9.17) is 11.5 Å². The normalized spacial score (nSPS) is 14.7. The van der Waals surface area contributed by atoms with Gasteiger partial charge in [0.15, 0.2) is 0 Å². The van der Waals surface area contributed by atoms with Crippen molar-refractivity contribution >= 4 is 29.6 Å². The molecule has 0 aliphatic heterocycles. The van der Waals surface area contributed by atoms with Crippen LogP contribution in [0.3, 0.4) is 0 Å². The number of carboxylic acids is 1. The summed E-state index contributed by atoms with van der Waals surface area (Å²) in [5, 5.41) is 16.1. The minimum atomic E-state index is -1.33. The number of nitrogens with two attached hydrogens (primary N) is 2. The fourth-order valence-electron chi connectivity index (χ4n) is 2.21. The Morgan fingerprint density at radius 1 is 1.07 bits per heavy atom. The van der Waals surface area contributed by atoms with Gasteiger partial charge in [0.05, 0.1) is 18.8 Å². The van der Waals surface area contributed by atoms with Crippen LogP contribution in [0.2, 0.25) is 0 Å². The van der Waals surface area contributed by atoms with Crippen LogP contribution in [0.25, 0.3) is 0 Å². The van der Waals surface area contributed by atoms with Gasteiger partial charge < -0.3 is 37.5 Å². The van der Waals surface area contributed by atoms with Crippen LogP contribution in [0.4, 0.5) is 0 Å². The van der Waals surface area contributed by atoms with Crippen molar-refractivity contribution in [1.29, 1.82) is 0 Å². The smallest absolute Gasteiger partial charge is 0.326 e. The van der Waals surface area contributed by atoms with Gasteiger partial charge in [-0.25, -0.2) is 9.78 Å². The molecule has 1 aromatic rings. The van der Waals surface area contributed by atoms with Crippen LogP contribution in [0.1, 0.15) is 26.0 Å². The first-order valence-corrected chi connectivity index (χ1v) is 8.66. The Morgan fingerprint density at radius 2 is 1.69 bits per heavy atom. The number of carbonyl (C=O) groups excluding carboxylic acids is 4. The zero-order chi connectivity index (χ0) is 22.1. The Hall–Kier alpha value is -3.48. The lowest BCUT2D eigenvalue weighted by molar-refractivity contribution is -0.142. The van der Waals surface area contributed by atoms with Crippen LogP contribution in [0, 0.1) is 0 Å². The number of amides is 4. The van der Waals surface area contributed by atoms with Gasteiger partial charge in [0.2, 0.25) is 23.6 Å². The molecule has 4 atom stereocenters. The third-order valence-electron chi connectivity index (χ3n) is 3.80. The predicted octanol–water partition coefficient (Wildman–Crippen LogP) is -3.27. The molecule has 29 heavy (non-hydrogen) atoms. The van der Waals surface area contributed by atoms with E-state index in [2.05, 4.69) is 25.9 Å². The first-order valence-electron chi connectivity index (χ1n) is 8.66. The van der Waals surface area contributed by atoms with Crippen LogP contribution < -0.4 is 27.4 Å². The van der Waals surface area contributed by atoms with Crippen molar-refractivity contribution in [1.82, 2.24) is 25.9 Å². The topological polar surface area (TPSA) is 222 Å². The molecule has 13 heteroatoms. The molecule has 1 aromatic heterocycles. The van der Waals surface area contributed by atoms with Crippen molar-refractivity contribution < 1.29 is 29.1 Å². The average molecular weight is 411 g/mol. The molecule has 0 spiro atoms. The van der Waals surface area contributed by atoms with Crippen molar-refractivity contribution in [3.63, 3.8) is 0 Å². The summed E-state index contributed by atoms with van der Waals surface area (Å²) in [5.74, 6) is -4.43. The van der Waals surface area contributed by atoms with E-state index >= 15 is 0 Å². The molecular weight excluding hydrogens is 386 g/mol. The number of nitrogens with one attached hydrogen (secondary N) is 4. The Labute approximate surface area is 166 Å². The molecule has 160 valence electrons. The van der Waals surface area contributed by atoms with Gasteiger partial charge >= 0.3 is 5.97 Å². The monoisotopic (exact) mass is 411 g/mol. The molecule has 0 bridgehead atoms. The van der Waals surface area contributed by atoms with Crippen LogP contribution in [0.15, 0.2) is 12.5 Å². The van der Waals surface area contributed by atoms with Gasteiger partial charge in [-0.05, 0) is 13.8 Å². The summed E-state index contributed by atoms with van der Waals surface area (Å²) < 4.78 is 0. The lowest BCUT2D eigenvalue weighted by Crippen LogP contribution is -2.56. The Kier molecular flexibility index (Phi) is 8.73. The second-order valence-electron chi connectivity index (χ2n) is 6.43. The maximum Gasteiger partial charge on any atom is 0.326 e. The van der Waals surface area contributed by atoms with E-state index in [0.29, 0.717) is 5.69 Å². The Morgan fingerprint density at radius 3 is 2.17 bits per heavy atom. The number of aromatic nitrogens is 2. The molecule has 0 saturated carbocycles. The summed E-state index contributed by atoms with van der Waals surface area (Å²) in [6.45, 7) is 2.70. The highest BCUT2D eigenvalue weighted by molar-refractivity contribution is 5.95. The van der Waals surface area contributed by atoms with Gasteiger partial charge in [-0.2, -0.15) is 0 Å². The number of nitrogens with zero attached hydrogens (tertiary/aromatic N) is 1. The third kappa shape index (κ3) is 7.96. The van der Waals surface area contributed by atoms with Crippen molar-refractivity contribution in [2.24, 2.45) is 11.5 Å². The number of H-pyrrole nitrogens is 1. The van der Waals surface area contributed by atoms with E-state index < -0.39 is 60.2 Å². The summed E-state index contributed by atoms with van der Waals surface area (Å²) >= 11 is 0. The Balaban J connectivity index is 2.73. The lowest BCUT2D eigenvalue weighted by Gasteiger charge is -2.22. The number of carbonyl (C=O) groups is 5. The third-order valence-corrected chi connectivity index (χ3v) is 3.80. The first-order chi connectivity index (χ1) is 13.5. The molecular formula is C16H25N7O6. The second-order valence-corrected chi connectivity index (χ2v) is 6.43. The summed E-state index contributed by atoms with van der Waals surface area (Å²) in [6.07, 6.45) is 2.24. The zero-order valence-electron chi connectivity index (χ0n) is 16.0. The highest BCUT2D eigenvalue weighted by atomic mass is 16.4. The number of primary amides is 1. The van der Waals surface area contributed by atoms with E-state index in [0.717, 1.165) is 0 Å². The molecule has 0 aliphatic carbocycles. The maximum atomic E-state index is 12.3. The van der Waals surface area contributed by atoms with Gasteiger partial charge in [0.25, 0.3) is 0 Å². The highest BCUT2D eigenvalue weighted by Crippen LogP contribution is 2.00. The van der Waals surface area contributed by atoms with Gasteiger partial charge in [-0.1, -0.05) is 0 Å². The zero-order valence-corrected chi connectivity index (χ0v) is 16.0. The van der Waals surface area contributed by atoms with Gasteiger partial charge in [0.1, 0.15) is 18.1 Å². The number of hydrogen-bond acceptors (Lipinski definition) is 7. The number of aromatic amines is 1. The Bertz CT molecular complexity index is 749. The fraction of sp³-hybridized carbons (Fsp3) is 0.500. The van der Waals surface area contributed by atoms with E-state index in [-0.39, 0.29) is 6.42 Å². The molecule has 0 aliphatic rings. The minimum absolute atomic E-state index is 0.0452. The first kappa shape index (κ1) is 23.6. The molecule has 0 aromatic carbocycles. The number of carboxylic acid groups (broad SMARTS) is 1. The van der Waals surface area contributed by atoms with Gasteiger partial charge in [-0.3, -0.25) is 19.2 Å². The number of aliphatic carboxylic acids is 1. The van der Waals surface area contributed by atoms with Crippen LogP contribution >= 0.6 is 0 Å². The van der Waals surface area contributed by atoms with E-state index in [1.165, 1.54) is 26.4 Å². The maximum absolute atomic E-state index is 12.3. The number of hydrogen-bond donors (Lipinski definition) is 7. The number of rotatable bonds is 11. The molecule has 4 unspecified atom stereocenters. The molecule has 9 N–H and O–H groups in total. The van der Waals surface area contributed by atoms with Crippen LogP contribution in [-0.2, 0) is 30.4 Å². The quantitative estimate of drug-likeness (QED) is 0.195. The summed E-state index contributed by atoms with van der Waals surface area (Å²) in [6, 6.07) is -4.69. The molecule has 0 fully saturated rings. The summed E-state index contributed by atoms with van der Waals surface area (Å²) in [4.78, 5) is 65.4. The number of imidazole rings is 1. The van der Waals surface area contributed by atoms with Crippen molar-refractivity contribution in [3.8, 4) is 0 Å². The molecule has 1 rings (SSSR count). The fourth-order valence-corrected chi connectivity index (χ4v) is 2.21. The minimum Gasteiger partial charge on any atom is -0.480 e. The lowest BCUT2D eigenvalue weighted by atomic mass is 10.1.